The zero-order chi connectivity index (χ0) is 12.1. The van der Waals surface area contributed by atoms with Crippen molar-refractivity contribution in [2.45, 2.75) is 52.7 Å². The third-order valence-corrected chi connectivity index (χ3v) is 1.36. The number of azo groups is 1. The summed E-state index contributed by atoms with van der Waals surface area (Å²) in [6.07, 6.45) is 1.79. The van der Waals surface area contributed by atoms with Gasteiger partial charge in [-0.15, -0.1) is 0 Å². The largest absolute Gasteiger partial charge is 0.187 e. The molecule has 0 aliphatic heterocycles. The van der Waals surface area contributed by atoms with Crippen molar-refractivity contribution in [3.63, 3.8) is 0 Å². The highest BCUT2D eigenvalue weighted by Gasteiger charge is 2.20. The maximum absolute atomic E-state index is 8.47. The fourth-order valence-electron chi connectivity index (χ4n) is 0.966. The number of hydrogen-bond acceptors (Lipinski definition) is 3. The van der Waals surface area contributed by atoms with Gasteiger partial charge in [0.1, 0.15) is 0 Å². The maximum Gasteiger partial charge on any atom is 0.175 e. The van der Waals surface area contributed by atoms with Crippen molar-refractivity contribution < 1.29 is 0 Å². The van der Waals surface area contributed by atoms with Crippen LogP contribution in [0.25, 0.3) is 10.4 Å². The van der Waals surface area contributed by atoms with Crippen molar-refractivity contribution in [3.05, 3.63) is 22.1 Å². The van der Waals surface area contributed by atoms with Gasteiger partial charge in [0.15, 0.2) is 5.66 Å². The van der Waals surface area contributed by atoms with E-state index < -0.39 is 5.66 Å². The molecule has 0 heterocycles. The maximum atomic E-state index is 8.47. The number of hydrogen-bond donors (Lipinski definition) is 0. The van der Waals surface area contributed by atoms with Gasteiger partial charge in [-0.25, -0.2) is 0 Å². The summed E-state index contributed by atoms with van der Waals surface area (Å²) in [4.78, 5) is 2.79. The summed E-state index contributed by atoms with van der Waals surface area (Å²) in [6, 6.07) is 0. The van der Waals surface area contributed by atoms with E-state index in [1.54, 1.807) is 13.0 Å². The molecule has 0 aromatic rings. The number of allylic oxidation sites excluding steroid dienone is 1. The lowest BCUT2D eigenvalue weighted by Crippen LogP contribution is -2.17. The highest BCUT2D eigenvalue weighted by molar-refractivity contribution is 5.08. The molecule has 0 saturated heterocycles. The van der Waals surface area contributed by atoms with Gasteiger partial charge >= 0.3 is 0 Å². The minimum absolute atomic E-state index is 0.262. The van der Waals surface area contributed by atoms with Crippen molar-refractivity contribution >= 4 is 0 Å². The topological polar surface area (TPSA) is 73.5 Å². The Hall–Kier alpha value is -1.35. The van der Waals surface area contributed by atoms with Crippen LogP contribution in [-0.4, -0.2) is 11.2 Å². The Morgan fingerprint density at radius 1 is 1.13 bits per heavy atom. The second-order valence-electron chi connectivity index (χ2n) is 4.88. The van der Waals surface area contributed by atoms with Crippen LogP contribution in [0.5, 0.6) is 0 Å². The number of azide groups is 1. The van der Waals surface area contributed by atoms with Crippen LogP contribution in [0.3, 0.4) is 0 Å². The van der Waals surface area contributed by atoms with Crippen LogP contribution >= 0.6 is 0 Å². The van der Waals surface area contributed by atoms with E-state index in [2.05, 4.69) is 20.3 Å². The first-order chi connectivity index (χ1) is 6.68. The molecule has 0 aliphatic carbocycles. The smallest absolute Gasteiger partial charge is 0.175 e. The Bertz CT molecular complexity index is 313. The van der Waals surface area contributed by atoms with Crippen molar-refractivity contribution in [3.8, 4) is 0 Å². The molecule has 0 amide bonds. The van der Waals surface area contributed by atoms with Crippen LogP contribution in [-0.2, 0) is 0 Å². The van der Waals surface area contributed by atoms with Gasteiger partial charge in [0.2, 0.25) is 0 Å². The van der Waals surface area contributed by atoms with Gasteiger partial charge in [-0.1, -0.05) is 16.8 Å². The van der Waals surface area contributed by atoms with Crippen LogP contribution in [0.2, 0.25) is 0 Å². The van der Waals surface area contributed by atoms with Crippen LogP contribution in [0.4, 0.5) is 0 Å². The first-order valence-corrected chi connectivity index (χ1v) is 4.85. The summed E-state index contributed by atoms with van der Waals surface area (Å²) in [5.41, 5.74) is 8.33. The molecule has 0 aromatic carbocycles. The molecular weight excluding hydrogens is 190 g/mol. The van der Waals surface area contributed by atoms with Crippen LogP contribution < -0.4 is 0 Å². The average Bonchev–Trinajstić information content (AvgIpc) is 1.99. The molecule has 0 N–H and O–H groups in total. The lowest BCUT2D eigenvalue weighted by atomic mass is 10.1. The van der Waals surface area contributed by atoms with E-state index in [0.29, 0.717) is 0 Å². The molecule has 0 bridgehead atoms. The van der Waals surface area contributed by atoms with E-state index in [-0.39, 0.29) is 5.54 Å². The molecule has 0 aromatic heterocycles. The van der Waals surface area contributed by atoms with Gasteiger partial charge in [-0.05, 0) is 47.1 Å². The first kappa shape index (κ1) is 13.7. The Morgan fingerprint density at radius 3 is 2.00 bits per heavy atom. The van der Waals surface area contributed by atoms with Crippen molar-refractivity contribution in [2.75, 3.05) is 0 Å². The van der Waals surface area contributed by atoms with E-state index in [1.165, 1.54) is 0 Å². The highest BCUT2D eigenvalue weighted by Crippen LogP contribution is 2.20. The summed E-state index contributed by atoms with van der Waals surface area (Å²) in [5, 5.41) is 11.8. The predicted molar refractivity (Wildman–Crippen MR) is 61.6 cm³/mol. The van der Waals surface area contributed by atoms with Gasteiger partial charge in [0.05, 0.1) is 5.54 Å². The summed E-state index contributed by atoms with van der Waals surface area (Å²) in [5.74, 6) is 0. The monoisotopic (exact) mass is 209 g/mol. The van der Waals surface area contributed by atoms with Gasteiger partial charge in [0.25, 0.3) is 0 Å². The SMILES string of the molecule is CC(C)=CC(C)(N=NC(C)(C)C)N=[N+]=[N-]. The van der Waals surface area contributed by atoms with Gasteiger partial charge in [0, 0.05) is 4.91 Å². The van der Waals surface area contributed by atoms with E-state index in [4.69, 9.17) is 5.53 Å². The summed E-state index contributed by atoms with van der Waals surface area (Å²) < 4.78 is 0. The molecule has 15 heavy (non-hydrogen) atoms. The summed E-state index contributed by atoms with van der Waals surface area (Å²) in [6.45, 7) is 11.4. The zero-order valence-corrected chi connectivity index (χ0v) is 10.3. The zero-order valence-electron chi connectivity index (χ0n) is 10.3. The predicted octanol–water partition coefficient (Wildman–Crippen LogP) is 4.23. The minimum Gasteiger partial charge on any atom is -0.187 e. The van der Waals surface area contributed by atoms with Crippen LogP contribution in [0.1, 0.15) is 41.5 Å². The molecule has 5 heteroatoms. The minimum atomic E-state index is -0.916. The number of rotatable bonds is 3. The Labute approximate surface area is 90.9 Å². The Kier molecular flexibility index (Phi) is 4.49. The third kappa shape index (κ3) is 6.69. The standard InChI is InChI=1S/C10H19N5/c1-8(2)7-10(6,14-15-11)13-12-9(3,4)5/h7H,1-6H3. The van der Waals surface area contributed by atoms with E-state index >= 15 is 0 Å². The van der Waals surface area contributed by atoms with Crippen LogP contribution in [0, 0.1) is 0 Å². The molecule has 0 fully saturated rings. The molecule has 0 saturated carbocycles. The molecule has 1 unspecified atom stereocenters. The fraction of sp³-hybridized carbons (Fsp3) is 0.800. The molecule has 5 nitrogen and oxygen atoms in total. The van der Waals surface area contributed by atoms with Gasteiger partial charge in [-0.3, -0.25) is 0 Å². The second kappa shape index (κ2) is 4.94. The van der Waals surface area contributed by atoms with Crippen molar-refractivity contribution in [2.24, 2.45) is 15.3 Å². The normalized spacial score (nSPS) is 15.6. The Balaban J connectivity index is 5.07. The quantitative estimate of drug-likeness (QED) is 0.289. The molecule has 84 valence electrons. The van der Waals surface area contributed by atoms with E-state index in [1.807, 2.05) is 34.6 Å². The molecule has 1 atom stereocenters. The molecule has 0 spiro atoms. The fourth-order valence-corrected chi connectivity index (χ4v) is 0.966. The molecule has 0 aliphatic rings. The van der Waals surface area contributed by atoms with Crippen molar-refractivity contribution in [1.29, 1.82) is 0 Å². The van der Waals surface area contributed by atoms with E-state index in [0.717, 1.165) is 5.57 Å². The van der Waals surface area contributed by atoms with Crippen molar-refractivity contribution in [1.82, 2.24) is 0 Å². The highest BCUT2D eigenvalue weighted by atomic mass is 15.3. The number of nitrogens with zero attached hydrogens (tertiary/aromatic N) is 5. The molecular formula is C10H19N5. The summed E-state index contributed by atoms with van der Waals surface area (Å²) in [7, 11) is 0. The van der Waals surface area contributed by atoms with E-state index in [9.17, 15) is 0 Å². The molecule has 0 rings (SSSR count). The van der Waals surface area contributed by atoms with Gasteiger partial charge < -0.3 is 0 Å². The third-order valence-electron chi connectivity index (χ3n) is 1.36. The van der Waals surface area contributed by atoms with Crippen LogP contribution in [0.15, 0.2) is 27.0 Å². The lowest BCUT2D eigenvalue weighted by Gasteiger charge is -2.17. The first-order valence-electron chi connectivity index (χ1n) is 4.85. The second-order valence-corrected chi connectivity index (χ2v) is 4.88. The average molecular weight is 209 g/mol. The van der Waals surface area contributed by atoms with Gasteiger partial charge in [-0.2, -0.15) is 10.2 Å². The lowest BCUT2D eigenvalue weighted by molar-refractivity contribution is 0.478. The molecule has 0 radical (unpaired) electrons. The Morgan fingerprint density at radius 2 is 1.67 bits per heavy atom. The summed E-state index contributed by atoms with van der Waals surface area (Å²) >= 11 is 0.